The SMILES string of the molecule is C=Cc1nccn1/C(C)=C(\N)O.CC.CC. The second-order valence-corrected chi connectivity index (χ2v) is 2.33. The number of allylic oxidation sites excluding steroid dienone is 1. The molecule has 0 aliphatic carbocycles. The van der Waals surface area contributed by atoms with Gasteiger partial charge in [-0.05, 0) is 13.0 Å². The third-order valence-electron chi connectivity index (χ3n) is 1.58. The molecule has 0 amide bonds. The van der Waals surface area contributed by atoms with E-state index in [0.717, 1.165) is 0 Å². The van der Waals surface area contributed by atoms with E-state index in [0.29, 0.717) is 11.5 Å². The zero-order valence-electron chi connectivity index (χ0n) is 10.9. The van der Waals surface area contributed by atoms with E-state index in [1.165, 1.54) is 0 Å². The van der Waals surface area contributed by atoms with Crippen molar-refractivity contribution in [1.29, 1.82) is 0 Å². The summed E-state index contributed by atoms with van der Waals surface area (Å²) in [5.41, 5.74) is 5.75. The van der Waals surface area contributed by atoms with Gasteiger partial charge in [0.1, 0.15) is 5.82 Å². The lowest BCUT2D eigenvalue weighted by Gasteiger charge is -2.04. The van der Waals surface area contributed by atoms with Gasteiger partial charge in [-0.1, -0.05) is 34.3 Å². The van der Waals surface area contributed by atoms with E-state index in [1.54, 1.807) is 30.0 Å². The first-order valence-corrected chi connectivity index (χ1v) is 5.48. The molecule has 0 atom stereocenters. The number of rotatable bonds is 2. The zero-order chi connectivity index (χ0) is 13.1. The monoisotopic (exact) mass is 225 g/mol. The van der Waals surface area contributed by atoms with Gasteiger partial charge in [-0.25, -0.2) is 4.98 Å². The quantitative estimate of drug-likeness (QED) is 0.759. The topological polar surface area (TPSA) is 64.1 Å². The van der Waals surface area contributed by atoms with Crippen molar-refractivity contribution in [2.45, 2.75) is 34.6 Å². The van der Waals surface area contributed by atoms with Crippen LogP contribution < -0.4 is 5.73 Å². The van der Waals surface area contributed by atoms with Crippen LogP contribution in [0.15, 0.2) is 24.9 Å². The van der Waals surface area contributed by atoms with Gasteiger partial charge in [0.2, 0.25) is 5.88 Å². The van der Waals surface area contributed by atoms with Crippen molar-refractivity contribution in [3.8, 4) is 0 Å². The lowest BCUT2D eigenvalue weighted by molar-refractivity contribution is 0.404. The maximum atomic E-state index is 8.99. The van der Waals surface area contributed by atoms with Crippen molar-refractivity contribution in [3.63, 3.8) is 0 Å². The molecule has 0 aliphatic heterocycles. The summed E-state index contributed by atoms with van der Waals surface area (Å²) >= 11 is 0. The van der Waals surface area contributed by atoms with Gasteiger partial charge < -0.3 is 10.8 Å². The van der Waals surface area contributed by atoms with Crippen molar-refractivity contribution < 1.29 is 5.11 Å². The Kier molecular flexibility index (Phi) is 10.3. The summed E-state index contributed by atoms with van der Waals surface area (Å²) in [6.07, 6.45) is 4.91. The molecular formula is C12H23N3O. The van der Waals surface area contributed by atoms with E-state index < -0.39 is 0 Å². The summed E-state index contributed by atoms with van der Waals surface area (Å²) in [7, 11) is 0. The highest BCUT2D eigenvalue weighted by molar-refractivity contribution is 5.51. The average molecular weight is 225 g/mol. The van der Waals surface area contributed by atoms with Crippen LogP contribution in [0.25, 0.3) is 11.8 Å². The van der Waals surface area contributed by atoms with Crippen LogP contribution in [0.5, 0.6) is 0 Å². The van der Waals surface area contributed by atoms with E-state index >= 15 is 0 Å². The second-order valence-electron chi connectivity index (χ2n) is 2.33. The molecule has 0 aliphatic rings. The molecular weight excluding hydrogens is 202 g/mol. The molecule has 0 saturated carbocycles. The smallest absolute Gasteiger partial charge is 0.201 e. The third kappa shape index (κ3) is 4.68. The predicted molar refractivity (Wildman–Crippen MR) is 70.7 cm³/mol. The van der Waals surface area contributed by atoms with Crippen molar-refractivity contribution in [3.05, 3.63) is 30.7 Å². The number of aliphatic hydroxyl groups is 1. The number of hydrogen-bond donors (Lipinski definition) is 2. The van der Waals surface area contributed by atoms with Crippen LogP contribution in [0.4, 0.5) is 0 Å². The maximum absolute atomic E-state index is 8.99. The Morgan fingerprint density at radius 1 is 1.44 bits per heavy atom. The standard InChI is InChI=1S/C8H11N3O.2C2H6/c1-3-7-10-4-5-11(7)6(2)8(9)12;2*1-2/h3-5,12H,1,9H2,2H3;2*1-2H3/b8-6+;;. The number of hydrogen-bond acceptors (Lipinski definition) is 3. The van der Waals surface area contributed by atoms with Gasteiger partial charge in [-0.3, -0.25) is 4.57 Å². The van der Waals surface area contributed by atoms with Crippen LogP contribution in [-0.2, 0) is 0 Å². The van der Waals surface area contributed by atoms with Crippen LogP contribution in [0.2, 0.25) is 0 Å². The zero-order valence-corrected chi connectivity index (χ0v) is 10.9. The predicted octanol–water partition coefficient (Wildman–Crippen LogP) is 3.24. The van der Waals surface area contributed by atoms with E-state index in [1.807, 2.05) is 27.7 Å². The molecule has 1 aromatic heterocycles. The molecule has 4 nitrogen and oxygen atoms in total. The molecule has 1 aromatic rings. The first kappa shape index (κ1) is 16.7. The van der Waals surface area contributed by atoms with E-state index in [4.69, 9.17) is 10.8 Å². The fourth-order valence-corrected chi connectivity index (χ4v) is 0.873. The minimum absolute atomic E-state index is 0.212. The van der Waals surface area contributed by atoms with Gasteiger partial charge in [0.15, 0.2) is 0 Å². The van der Waals surface area contributed by atoms with Crippen molar-refractivity contribution in [2.24, 2.45) is 5.73 Å². The lowest BCUT2D eigenvalue weighted by atomic mass is 10.4. The summed E-state index contributed by atoms with van der Waals surface area (Å²) in [6, 6.07) is 0. The molecule has 92 valence electrons. The van der Waals surface area contributed by atoms with E-state index in [-0.39, 0.29) is 5.88 Å². The van der Waals surface area contributed by atoms with Crippen LogP contribution in [0.1, 0.15) is 40.4 Å². The molecule has 0 spiro atoms. The second kappa shape index (κ2) is 9.83. The van der Waals surface area contributed by atoms with E-state index in [2.05, 4.69) is 11.6 Å². The molecule has 0 saturated heterocycles. The van der Waals surface area contributed by atoms with Crippen LogP contribution in [0.3, 0.4) is 0 Å². The molecule has 4 heteroatoms. The summed E-state index contributed by atoms with van der Waals surface area (Å²) in [6.45, 7) is 13.3. The van der Waals surface area contributed by atoms with Crippen LogP contribution in [0, 0.1) is 0 Å². The van der Waals surface area contributed by atoms with Gasteiger partial charge in [0.25, 0.3) is 0 Å². The van der Waals surface area contributed by atoms with Gasteiger partial charge >= 0.3 is 0 Å². The molecule has 16 heavy (non-hydrogen) atoms. The van der Waals surface area contributed by atoms with E-state index in [9.17, 15) is 0 Å². The third-order valence-corrected chi connectivity index (χ3v) is 1.58. The molecule has 0 aromatic carbocycles. The van der Waals surface area contributed by atoms with Crippen molar-refractivity contribution in [2.75, 3.05) is 0 Å². The highest BCUT2D eigenvalue weighted by atomic mass is 16.3. The minimum atomic E-state index is -0.212. The molecule has 1 rings (SSSR count). The van der Waals surface area contributed by atoms with Gasteiger partial charge in [-0.15, -0.1) is 0 Å². The fourth-order valence-electron chi connectivity index (χ4n) is 0.873. The highest BCUT2D eigenvalue weighted by Crippen LogP contribution is 2.09. The molecule has 0 radical (unpaired) electrons. The van der Waals surface area contributed by atoms with Gasteiger partial charge in [-0.2, -0.15) is 0 Å². The summed E-state index contributed by atoms with van der Waals surface area (Å²) in [4.78, 5) is 3.98. The van der Waals surface area contributed by atoms with Crippen LogP contribution >= 0.6 is 0 Å². The molecule has 1 heterocycles. The maximum Gasteiger partial charge on any atom is 0.201 e. The Hall–Kier alpha value is -1.71. The highest BCUT2D eigenvalue weighted by Gasteiger charge is 2.02. The molecule has 0 bridgehead atoms. The molecule has 3 N–H and O–H groups in total. The summed E-state index contributed by atoms with van der Waals surface area (Å²) in [5.74, 6) is 0.445. The Morgan fingerprint density at radius 2 is 1.94 bits per heavy atom. The molecule has 0 unspecified atom stereocenters. The number of imidazole rings is 1. The van der Waals surface area contributed by atoms with Gasteiger partial charge in [0, 0.05) is 12.4 Å². The normalized spacial score (nSPS) is 10.1. The Bertz CT molecular complexity index is 323. The number of aromatic nitrogens is 2. The van der Waals surface area contributed by atoms with Crippen molar-refractivity contribution in [1.82, 2.24) is 9.55 Å². The minimum Gasteiger partial charge on any atom is -0.494 e. The number of nitrogens with two attached hydrogens (primary N) is 1. The Balaban J connectivity index is 0. The lowest BCUT2D eigenvalue weighted by Crippen LogP contribution is -2.05. The fraction of sp³-hybridized carbons (Fsp3) is 0.417. The first-order chi connectivity index (χ1) is 7.66. The van der Waals surface area contributed by atoms with Crippen LogP contribution in [-0.4, -0.2) is 14.7 Å². The Morgan fingerprint density at radius 3 is 2.31 bits per heavy atom. The Labute approximate surface area is 98.1 Å². The average Bonchev–Trinajstić information content (AvgIpc) is 2.81. The first-order valence-electron chi connectivity index (χ1n) is 5.48. The molecule has 0 fully saturated rings. The summed E-state index contributed by atoms with van der Waals surface area (Å²) < 4.78 is 1.66. The number of nitrogens with zero attached hydrogens (tertiary/aromatic N) is 2. The van der Waals surface area contributed by atoms with Gasteiger partial charge in [0.05, 0.1) is 5.70 Å². The van der Waals surface area contributed by atoms with Crippen molar-refractivity contribution >= 4 is 11.8 Å². The largest absolute Gasteiger partial charge is 0.494 e. The summed E-state index contributed by atoms with van der Waals surface area (Å²) in [5, 5.41) is 8.99. The number of aliphatic hydroxyl groups excluding tert-OH is 1.